The Morgan fingerprint density at radius 2 is 1.92 bits per heavy atom. The van der Waals surface area contributed by atoms with Gasteiger partial charge >= 0.3 is 0 Å². The Balaban J connectivity index is 1.63. The molecule has 0 amide bonds. The van der Waals surface area contributed by atoms with Crippen LogP contribution in [0.1, 0.15) is 12.8 Å². The second-order valence-electron chi connectivity index (χ2n) is 6.00. The van der Waals surface area contributed by atoms with E-state index in [4.69, 9.17) is 4.74 Å². The lowest BCUT2D eigenvalue weighted by atomic mass is 10.3. The van der Waals surface area contributed by atoms with Gasteiger partial charge in [0.25, 0.3) is 0 Å². The van der Waals surface area contributed by atoms with Crippen molar-refractivity contribution in [2.75, 3.05) is 33.8 Å². The minimum atomic E-state index is 0.0504. The lowest BCUT2D eigenvalue weighted by molar-refractivity contribution is 0.281. The molecule has 0 spiro atoms. The molecule has 0 aliphatic carbocycles. The van der Waals surface area contributed by atoms with Gasteiger partial charge in [-0.2, -0.15) is 0 Å². The summed E-state index contributed by atoms with van der Waals surface area (Å²) in [6, 6.07) is 15.0. The summed E-state index contributed by atoms with van der Waals surface area (Å²) >= 11 is 0. The lowest BCUT2D eigenvalue weighted by Crippen LogP contribution is -2.41. The van der Waals surface area contributed by atoms with Gasteiger partial charge in [0.2, 0.25) is 5.56 Å². The summed E-state index contributed by atoms with van der Waals surface area (Å²) in [5.41, 5.74) is 0.0504. The van der Waals surface area contributed by atoms with E-state index in [-0.39, 0.29) is 5.56 Å². The monoisotopic (exact) mass is 356 g/mol. The molecule has 1 heterocycles. The van der Waals surface area contributed by atoms with Gasteiger partial charge in [-0.15, -0.1) is 0 Å². The third-order valence-corrected chi connectivity index (χ3v) is 4.02. The highest BCUT2D eigenvalue weighted by molar-refractivity contribution is 5.79. The molecule has 6 heteroatoms. The second-order valence-corrected chi connectivity index (χ2v) is 6.00. The van der Waals surface area contributed by atoms with Crippen molar-refractivity contribution in [3.8, 4) is 5.75 Å². The molecule has 140 valence electrons. The first-order chi connectivity index (χ1) is 12.7. The number of likely N-dealkylation sites (N-methyl/N-ethyl adjacent to an activating group) is 1. The molecule has 26 heavy (non-hydrogen) atoms. The number of aromatic nitrogens is 1. The van der Waals surface area contributed by atoms with Crippen molar-refractivity contribution in [2.45, 2.75) is 19.4 Å². The van der Waals surface area contributed by atoms with E-state index in [1.165, 1.54) is 0 Å². The van der Waals surface area contributed by atoms with Crippen molar-refractivity contribution in [3.05, 3.63) is 65.1 Å². The maximum absolute atomic E-state index is 11.6. The van der Waals surface area contributed by atoms with Crippen molar-refractivity contribution < 1.29 is 4.74 Å². The summed E-state index contributed by atoms with van der Waals surface area (Å²) < 4.78 is 7.46. The van der Waals surface area contributed by atoms with Crippen LogP contribution >= 0.6 is 0 Å². The first-order valence-electron chi connectivity index (χ1n) is 8.96. The molecule has 0 bridgehead atoms. The van der Waals surface area contributed by atoms with Gasteiger partial charge in [-0.05, 0) is 31.0 Å². The molecule has 1 N–H and O–H groups in total. The normalized spacial score (nSPS) is 11.2. The van der Waals surface area contributed by atoms with E-state index >= 15 is 0 Å². The number of hydrogen-bond donors (Lipinski definition) is 1. The number of hydrogen-bond acceptors (Lipinski definition) is 3. The second kappa shape index (κ2) is 11.0. The van der Waals surface area contributed by atoms with Gasteiger partial charge in [-0.3, -0.25) is 9.79 Å². The van der Waals surface area contributed by atoms with Crippen LogP contribution in [0.2, 0.25) is 0 Å². The van der Waals surface area contributed by atoms with E-state index in [9.17, 15) is 4.79 Å². The van der Waals surface area contributed by atoms with Crippen LogP contribution in [0.3, 0.4) is 0 Å². The molecule has 2 aromatic rings. The van der Waals surface area contributed by atoms with Gasteiger partial charge in [0.05, 0.1) is 6.54 Å². The number of nitrogens with one attached hydrogen (secondary N) is 1. The van der Waals surface area contributed by atoms with Crippen LogP contribution in [0, 0.1) is 0 Å². The molecule has 1 aromatic carbocycles. The highest BCUT2D eigenvalue weighted by Gasteiger charge is 2.05. The Morgan fingerprint density at radius 1 is 1.15 bits per heavy atom. The fraction of sp³-hybridized carbons (Fsp3) is 0.400. The van der Waals surface area contributed by atoms with Crippen LogP contribution in [0.4, 0.5) is 0 Å². The summed E-state index contributed by atoms with van der Waals surface area (Å²) in [6.45, 7) is 2.89. The molecular formula is C20H28N4O2. The average Bonchev–Trinajstić information content (AvgIpc) is 2.66. The zero-order valence-electron chi connectivity index (χ0n) is 15.6. The number of ether oxygens (including phenoxy) is 1. The standard InChI is InChI=1S/C20H28N4O2/c1-21-20(23(2)16-17-26-18-10-4-3-5-11-18)22-13-7-9-15-24-14-8-6-12-19(24)25/h3-6,8,10-12,14H,7,9,13,15-17H2,1-2H3,(H,21,22). The fourth-order valence-corrected chi connectivity index (χ4v) is 2.56. The quantitative estimate of drug-likeness (QED) is 0.425. The summed E-state index contributed by atoms with van der Waals surface area (Å²) in [7, 11) is 3.77. The third kappa shape index (κ3) is 6.63. The van der Waals surface area contributed by atoms with E-state index in [0.717, 1.165) is 44.2 Å². The Bertz CT molecular complexity index is 728. The van der Waals surface area contributed by atoms with Crippen molar-refractivity contribution >= 4 is 5.96 Å². The van der Waals surface area contributed by atoms with E-state index in [1.54, 1.807) is 23.7 Å². The molecule has 0 aliphatic heterocycles. The Morgan fingerprint density at radius 3 is 2.65 bits per heavy atom. The smallest absolute Gasteiger partial charge is 0.250 e. The molecule has 0 aliphatic rings. The zero-order valence-corrected chi connectivity index (χ0v) is 15.6. The molecule has 0 saturated carbocycles. The molecule has 0 unspecified atom stereocenters. The van der Waals surface area contributed by atoms with Gasteiger partial charge in [0, 0.05) is 39.4 Å². The van der Waals surface area contributed by atoms with Gasteiger partial charge in [0.1, 0.15) is 12.4 Å². The van der Waals surface area contributed by atoms with Crippen LogP contribution in [0.5, 0.6) is 5.75 Å². The molecular weight excluding hydrogens is 328 g/mol. The molecule has 0 atom stereocenters. The number of benzene rings is 1. The van der Waals surface area contributed by atoms with Gasteiger partial charge in [0.15, 0.2) is 5.96 Å². The topological polar surface area (TPSA) is 58.9 Å². The van der Waals surface area contributed by atoms with E-state index in [0.29, 0.717) is 6.61 Å². The zero-order chi connectivity index (χ0) is 18.6. The molecule has 2 rings (SSSR count). The lowest BCUT2D eigenvalue weighted by Gasteiger charge is -2.22. The number of aliphatic imine (C=N–C) groups is 1. The number of guanidine groups is 1. The summed E-state index contributed by atoms with van der Waals surface area (Å²) in [5.74, 6) is 1.72. The highest BCUT2D eigenvalue weighted by Crippen LogP contribution is 2.07. The van der Waals surface area contributed by atoms with Crippen LogP contribution in [0.25, 0.3) is 0 Å². The van der Waals surface area contributed by atoms with Crippen molar-refractivity contribution in [1.29, 1.82) is 0 Å². The maximum Gasteiger partial charge on any atom is 0.250 e. The summed E-state index contributed by atoms with van der Waals surface area (Å²) in [5, 5.41) is 3.35. The third-order valence-electron chi connectivity index (χ3n) is 4.02. The SMILES string of the molecule is CN=C(NCCCCn1ccccc1=O)N(C)CCOc1ccccc1. The number of aryl methyl sites for hydroxylation is 1. The number of nitrogens with zero attached hydrogens (tertiary/aromatic N) is 3. The number of unbranched alkanes of at least 4 members (excludes halogenated alkanes) is 1. The van der Waals surface area contributed by atoms with Crippen LogP contribution in [-0.4, -0.2) is 49.2 Å². The van der Waals surface area contributed by atoms with Crippen LogP contribution in [-0.2, 0) is 6.54 Å². The summed E-state index contributed by atoms with van der Waals surface area (Å²) in [4.78, 5) is 18.0. The van der Waals surface area contributed by atoms with Crippen molar-refractivity contribution in [1.82, 2.24) is 14.8 Å². The number of pyridine rings is 1. The minimum Gasteiger partial charge on any atom is -0.492 e. The predicted molar refractivity (Wildman–Crippen MR) is 106 cm³/mol. The molecule has 1 aromatic heterocycles. The maximum atomic E-state index is 11.6. The minimum absolute atomic E-state index is 0.0504. The average molecular weight is 356 g/mol. The number of rotatable bonds is 9. The largest absolute Gasteiger partial charge is 0.492 e. The molecule has 0 radical (unpaired) electrons. The van der Waals surface area contributed by atoms with Crippen molar-refractivity contribution in [2.24, 2.45) is 4.99 Å². The Hall–Kier alpha value is -2.76. The number of para-hydroxylation sites is 1. The Kier molecular flexibility index (Phi) is 8.26. The first kappa shape index (κ1) is 19.6. The first-order valence-corrected chi connectivity index (χ1v) is 8.96. The highest BCUT2D eigenvalue weighted by atomic mass is 16.5. The molecule has 0 saturated heterocycles. The van der Waals surface area contributed by atoms with E-state index < -0.39 is 0 Å². The predicted octanol–water partition coefficient (Wildman–Crippen LogP) is 2.21. The Labute approximate surface area is 155 Å². The van der Waals surface area contributed by atoms with E-state index in [2.05, 4.69) is 10.3 Å². The summed E-state index contributed by atoms with van der Waals surface area (Å²) in [6.07, 6.45) is 3.73. The molecule has 0 fully saturated rings. The van der Waals surface area contributed by atoms with Crippen LogP contribution in [0.15, 0.2) is 64.5 Å². The van der Waals surface area contributed by atoms with Gasteiger partial charge < -0.3 is 19.5 Å². The van der Waals surface area contributed by atoms with Crippen molar-refractivity contribution in [3.63, 3.8) is 0 Å². The fourth-order valence-electron chi connectivity index (χ4n) is 2.56. The van der Waals surface area contributed by atoms with Gasteiger partial charge in [-0.1, -0.05) is 24.3 Å². The van der Waals surface area contributed by atoms with E-state index in [1.807, 2.05) is 54.5 Å². The van der Waals surface area contributed by atoms with Crippen LogP contribution < -0.4 is 15.6 Å². The van der Waals surface area contributed by atoms with Gasteiger partial charge in [-0.25, -0.2) is 0 Å². The molecule has 6 nitrogen and oxygen atoms in total.